The molecule has 5 nitrogen and oxygen atoms in total. The SMILES string of the molecule is COC(=O)C[C@@H](CCc1ccccc1)NC(=O)CN.Cl. The molecule has 1 aromatic rings. The minimum atomic E-state index is -0.338. The number of rotatable bonds is 7. The van der Waals surface area contributed by atoms with Crippen LogP contribution in [0.15, 0.2) is 30.3 Å². The molecular weight excluding hydrogens is 280 g/mol. The molecule has 112 valence electrons. The van der Waals surface area contributed by atoms with Crippen molar-refractivity contribution in [3.05, 3.63) is 35.9 Å². The lowest BCUT2D eigenvalue weighted by Gasteiger charge is -2.17. The third-order valence-corrected chi connectivity index (χ3v) is 2.82. The molecule has 0 radical (unpaired) electrons. The second kappa shape index (κ2) is 10.2. The molecule has 1 rings (SSSR count). The Morgan fingerprint density at radius 1 is 1.30 bits per heavy atom. The largest absolute Gasteiger partial charge is 0.469 e. The van der Waals surface area contributed by atoms with Gasteiger partial charge in [-0.15, -0.1) is 12.4 Å². The number of hydrogen-bond donors (Lipinski definition) is 2. The van der Waals surface area contributed by atoms with E-state index in [1.165, 1.54) is 12.7 Å². The summed E-state index contributed by atoms with van der Waals surface area (Å²) in [4.78, 5) is 22.6. The van der Waals surface area contributed by atoms with Crippen molar-refractivity contribution in [1.82, 2.24) is 5.32 Å². The highest BCUT2D eigenvalue weighted by Crippen LogP contribution is 2.08. The number of ether oxygens (including phenoxy) is 1. The Hall–Kier alpha value is -1.59. The van der Waals surface area contributed by atoms with Gasteiger partial charge in [0.05, 0.1) is 20.1 Å². The summed E-state index contributed by atoms with van der Waals surface area (Å²) in [6.07, 6.45) is 1.62. The van der Waals surface area contributed by atoms with Crippen LogP contribution in [0.5, 0.6) is 0 Å². The average molecular weight is 301 g/mol. The topological polar surface area (TPSA) is 81.4 Å². The number of carbonyl (C=O) groups is 2. The maximum Gasteiger partial charge on any atom is 0.307 e. The summed E-state index contributed by atoms with van der Waals surface area (Å²) in [6.45, 7) is -0.0803. The van der Waals surface area contributed by atoms with Crippen molar-refractivity contribution >= 4 is 24.3 Å². The maximum absolute atomic E-state index is 11.3. The van der Waals surface area contributed by atoms with Crippen LogP contribution in [0.25, 0.3) is 0 Å². The van der Waals surface area contributed by atoms with E-state index >= 15 is 0 Å². The molecule has 20 heavy (non-hydrogen) atoms. The summed E-state index contributed by atoms with van der Waals surface area (Å²) in [5, 5.41) is 2.74. The fraction of sp³-hybridized carbons (Fsp3) is 0.429. The van der Waals surface area contributed by atoms with Gasteiger partial charge in [0, 0.05) is 6.04 Å². The van der Waals surface area contributed by atoms with Crippen LogP contribution in [0.3, 0.4) is 0 Å². The van der Waals surface area contributed by atoms with Gasteiger partial charge in [0.15, 0.2) is 0 Å². The molecule has 1 amide bonds. The van der Waals surface area contributed by atoms with Gasteiger partial charge in [0.25, 0.3) is 0 Å². The Kier molecular flexibility index (Phi) is 9.41. The minimum absolute atomic E-state index is 0. The number of nitrogens with one attached hydrogen (secondary N) is 1. The molecule has 0 aliphatic carbocycles. The Morgan fingerprint density at radius 2 is 1.95 bits per heavy atom. The number of carbonyl (C=O) groups excluding carboxylic acids is 2. The summed E-state index contributed by atoms with van der Waals surface area (Å²) in [5.74, 6) is -0.600. The highest BCUT2D eigenvalue weighted by molar-refractivity contribution is 5.85. The molecule has 3 N–H and O–H groups in total. The third kappa shape index (κ3) is 7.11. The van der Waals surface area contributed by atoms with Crippen LogP contribution < -0.4 is 11.1 Å². The van der Waals surface area contributed by atoms with E-state index in [1.54, 1.807) is 0 Å². The summed E-state index contributed by atoms with van der Waals surface area (Å²) < 4.78 is 4.63. The molecule has 0 saturated carbocycles. The molecule has 0 unspecified atom stereocenters. The first kappa shape index (κ1) is 18.4. The first-order valence-electron chi connectivity index (χ1n) is 6.26. The summed E-state index contributed by atoms with van der Waals surface area (Å²) >= 11 is 0. The van der Waals surface area contributed by atoms with E-state index in [-0.39, 0.29) is 43.3 Å². The lowest BCUT2D eigenvalue weighted by Crippen LogP contribution is -2.40. The molecule has 0 bridgehead atoms. The van der Waals surface area contributed by atoms with E-state index < -0.39 is 0 Å². The van der Waals surface area contributed by atoms with E-state index in [2.05, 4.69) is 10.1 Å². The van der Waals surface area contributed by atoms with Gasteiger partial charge in [-0.2, -0.15) is 0 Å². The van der Waals surface area contributed by atoms with Crippen LogP contribution in [0.2, 0.25) is 0 Å². The minimum Gasteiger partial charge on any atom is -0.469 e. The van der Waals surface area contributed by atoms with Gasteiger partial charge in [0.2, 0.25) is 5.91 Å². The van der Waals surface area contributed by atoms with Crippen molar-refractivity contribution in [1.29, 1.82) is 0 Å². The second-order valence-corrected chi connectivity index (χ2v) is 4.27. The van der Waals surface area contributed by atoms with Crippen molar-refractivity contribution < 1.29 is 14.3 Å². The van der Waals surface area contributed by atoms with Crippen molar-refractivity contribution in [3.63, 3.8) is 0 Å². The Bertz CT molecular complexity index is 394. The van der Waals surface area contributed by atoms with Gasteiger partial charge in [0.1, 0.15) is 0 Å². The molecule has 0 heterocycles. The average Bonchev–Trinajstić information content (AvgIpc) is 2.45. The van der Waals surface area contributed by atoms with Crippen molar-refractivity contribution in [2.45, 2.75) is 25.3 Å². The predicted molar refractivity (Wildman–Crippen MR) is 79.6 cm³/mol. The third-order valence-electron chi connectivity index (χ3n) is 2.82. The number of methoxy groups -OCH3 is 1. The van der Waals surface area contributed by atoms with Gasteiger partial charge in [-0.3, -0.25) is 9.59 Å². The Morgan fingerprint density at radius 3 is 2.50 bits per heavy atom. The lowest BCUT2D eigenvalue weighted by atomic mass is 10.0. The highest BCUT2D eigenvalue weighted by atomic mass is 35.5. The van der Waals surface area contributed by atoms with E-state index in [4.69, 9.17) is 5.73 Å². The van der Waals surface area contributed by atoms with Crippen LogP contribution in [0.1, 0.15) is 18.4 Å². The summed E-state index contributed by atoms with van der Waals surface area (Å²) in [7, 11) is 1.33. The van der Waals surface area contributed by atoms with Gasteiger partial charge in [-0.1, -0.05) is 30.3 Å². The molecule has 0 aliphatic heterocycles. The quantitative estimate of drug-likeness (QED) is 0.738. The molecule has 1 aromatic carbocycles. The van der Waals surface area contributed by atoms with Crippen LogP contribution >= 0.6 is 12.4 Å². The summed E-state index contributed by atoms with van der Waals surface area (Å²) in [6, 6.07) is 9.65. The second-order valence-electron chi connectivity index (χ2n) is 4.27. The van der Waals surface area contributed by atoms with Crippen LogP contribution in [-0.2, 0) is 20.7 Å². The zero-order valence-electron chi connectivity index (χ0n) is 11.5. The molecule has 0 aliphatic rings. The fourth-order valence-electron chi connectivity index (χ4n) is 1.78. The number of nitrogens with two attached hydrogens (primary N) is 1. The van der Waals surface area contributed by atoms with Crippen molar-refractivity contribution in [2.24, 2.45) is 5.73 Å². The highest BCUT2D eigenvalue weighted by Gasteiger charge is 2.16. The van der Waals surface area contributed by atoms with Gasteiger partial charge < -0.3 is 15.8 Å². The van der Waals surface area contributed by atoms with Crippen molar-refractivity contribution in [3.8, 4) is 0 Å². The maximum atomic E-state index is 11.3. The van der Waals surface area contributed by atoms with Gasteiger partial charge in [-0.05, 0) is 18.4 Å². The summed E-state index contributed by atoms with van der Waals surface area (Å²) in [5.41, 5.74) is 6.43. The molecule has 1 atom stereocenters. The van der Waals surface area contributed by atoms with Crippen LogP contribution in [0.4, 0.5) is 0 Å². The van der Waals surface area contributed by atoms with Crippen molar-refractivity contribution in [2.75, 3.05) is 13.7 Å². The number of benzene rings is 1. The number of hydrogen-bond acceptors (Lipinski definition) is 4. The van der Waals surface area contributed by atoms with Crippen LogP contribution in [0, 0.1) is 0 Å². The number of halogens is 1. The standard InChI is InChI=1S/C14H20N2O3.ClH/c1-19-14(18)9-12(16-13(17)10-15)8-7-11-5-3-2-4-6-11;/h2-6,12H,7-10,15H2,1H3,(H,16,17);1H/t12-;/m1./s1. The van der Waals surface area contributed by atoms with Gasteiger partial charge in [-0.25, -0.2) is 0 Å². The number of amides is 1. The molecule has 0 spiro atoms. The number of esters is 1. The fourth-order valence-corrected chi connectivity index (χ4v) is 1.78. The zero-order chi connectivity index (χ0) is 14.1. The monoisotopic (exact) mass is 300 g/mol. The predicted octanol–water partition coefficient (Wildman–Crippen LogP) is 1.05. The normalized spacial score (nSPS) is 11.1. The van der Waals surface area contributed by atoms with Gasteiger partial charge >= 0.3 is 5.97 Å². The smallest absolute Gasteiger partial charge is 0.307 e. The Balaban J connectivity index is 0.00000361. The van der Waals surface area contributed by atoms with Crippen LogP contribution in [-0.4, -0.2) is 31.6 Å². The van der Waals surface area contributed by atoms with E-state index in [0.717, 1.165) is 6.42 Å². The van der Waals surface area contributed by atoms with E-state index in [9.17, 15) is 9.59 Å². The van der Waals surface area contributed by atoms with E-state index in [0.29, 0.717) is 6.42 Å². The number of aryl methyl sites for hydroxylation is 1. The molecule has 6 heteroatoms. The first-order valence-corrected chi connectivity index (χ1v) is 6.26. The molecular formula is C14H21ClN2O3. The molecule has 0 fully saturated rings. The molecule has 0 aromatic heterocycles. The van der Waals surface area contributed by atoms with E-state index in [1.807, 2.05) is 30.3 Å². The Labute approximate surface area is 125 Å². The lowest BCUT2D eigenvalue weighted by molar-refractivity contribution is -0.141. The first-order chi connectivity index (χ1) is 9.15. The zero-order valence-corrected chi connectivity index (χ0v) is 12.3. The molecule has 0 saturated heterocycles.